The van der Waals surface area contributed by atoms with Crippen molar-refractivity contribution in [2.45, 2.75) is 0 Å². The summed E-state index contributed by atoms with van der Waals surface area (Å²) in [6.45, 7) is 0. The van der Waals surface area contributed by atoms with Crippen molar-refractivity contribution in [1.82, 2.24) is 14.5 Å². The first-order chi connectivity index (χ1) is 10.1. The molecule has 6 nitrogen and oxygen atoms in total. The van der Waals surface area contributed by atoms with E-state index in [-0.39, 0.29) is 5.95 Å². The molecule has 3 rings (SSSR count). The molecule has 0 amide bonds. The third kappa shape index (κ3) is 2.36. The van der Waals surface area contributed by atoms with Crippen LogP contribution in [0.5, 0.6) is 0 Å². The number of hydrogen-bond donors (Lipinski definition) is 1. The molecule has 0 aliphatic rings. The third-order valence-corrected chi connectivity index (χ3v) is 3.57. The number of esters is 1. The lowest BCUT2D eigenvalue weighted by molar-refractivity contribution is 0.0603. The van der Waals surface area contributed by atoms with Gasteiger partial charge in [-0.15, -0.1) is 0 Å². The minimum atomic E-state index is -0.400. The van der Waals surface area contributed by atoms with Crippen molar-refractivity contribution < 1.29 is 9.53 Å². The highest BCUT2D eigenvalue weighted by molar-refractivity contribution is 9.10. The molecule has 0 saturated carbocycles. The molecule has 0 spiro atoms. The lowest BCUT2D eigenvalue weighted by atomic mass is 10.2. The Morgan fingerprint density at radius 3 is 2.90 bits per heavy atom. The molecule has 1 aromatic carbocycles. The number of nitrogens with two attached hydrogens (primary N) is 1. The van der Waals surface area contributed by atoms with E-state index < -0.39 is 5.97 Å². The molecule has 0 bridgehead atoms. The predicted molar refractivity (Wildman–Crippen MR) is 82.3 cm³/mol. The van der Waals surface area contributed by atoms with E-state index in [2.05, 4.69) is 25.9 Å². The Labute approximate surface area is 128 Å². The van der Waals surface area contributed by atoms with Gasteiger partial charge >= 0.3 is 5.97 Å². The van der Waals surface area contributed by atoms with Crippen LogP contribution < -0.4 is 5.73 Å². The molecule has 3 aromatic rings. The summed E-state index contributed by atoms with van der Waals surface area (Å²) in [4.78, 5) is 20.0. The molecule has 0 aliphatic heterocycles. The fourth-order valence-corrected chi connectivity index (χ4v) is 2.51. The number of rotatable bonds is 2. The number of benzene rings is 1. The number of ether oxygens (including phenoxy) is 1. The van der Waals surface area contributed by atoms with Gasteiger partial charge in [0, 0.05) is 22.3 Å². The molecule has 106 valence electrons. The van der Waals surface area contributed by atoms with Gasteiger partial charge in [0.05, 0.1) is 18.2 Å². The Bertz CT molecular complexity index is 844. The van der Waals surface area contributed by atoms with Crippen LogP contribution in [0.3, 0.4) is 0 Å². The first kappa shape index (κ1) is 13.6. The number of fused-ring (bicyclic) bond motifs is 1. The highest BCUT2D eigenvalue weighted by Crippen LogP contribution is 2.27. The van der Waals surface area contributed by atoms with E-state index in [1.165, 1.54) is 7.11 Å². The lowest BCUT2D eigenvalue weighted by Gasteiger charge is -2.04. The summed E-state index contributed by atoms with van der Waals surface area (Å²) in [5, 5.41) is 0.780. The van der Waals surface area contributed by atoms with Crippen LogP contribution in [0.1, 0.15) is 10.4 Å². The van der Waals surface area contributed by atoms with E-state index in [1.54, 1.807) is 23.0 Å². The van der Waals surface area contributed by atoms with E-state index in [0.717, 1.165) is 15.4 Å². The summed E-state index contributed by atoms with van der Waals surface area (Å²) in [5.41, 5.74) is 6.92. The van der Waals surface area contributed by atoms with Crippen LogP contribution in [-0.2, 0) is 4.74 Å². The van der Waals surface area contributed by atoms with Crippen molar-refractivity contribution in [3.8, 4) is 5.82 Å². The van der Waals surface area contributed by atoms with Crippen molar-refractivity contribution in [1.29, 1.82) is 0 Å². The molecule has 2 aromatic heterocycles. The Morgan fingerprint density at radius 2 is 2.19 bits per heavy atom. The van der Waals surface area contributed by atoms with Gasteiger partial charge in [0.15, 0.2) is 0 Å². The molecule has 0 atom stereocenters. The minimum Gasteiger partial charge on any atom is -0.465 e. The van der Waals surface area contributed by atoms with Crippen molar-refractivity contribution in [3.63, 3.8) is 0 Å². The molecule has 7 heteroatoms. The molecule has 0 fully saturated rings. The number of methoxy groups -OCH3 is 1. The molecular weight excluding hydrogens is 336 g/mol. The number of nitrogens with zero attached hydrogens (tertiary/aromatic N) is 3. The largest absolute Gasteiger partial charge is 0.465 e. The average molecular weight is 347 g/mol. The summed E-state index contributed by atoms with van der Waals surface area (Å²) in [7, 11) is 1.35. The van der Waals surface area contributed by atoms with E-state index in [4.69, 9.17) is 10.5 Å². The summed E-state index contributed by atoms with van der Waals surface area (Å²) in [5.74, 6) is 0.354. The molecule has 21 heavy (non-hydrogen) atoms. The lowest BCUT2D eigenvalue weighted by Crippen LogP contribution is -2.02. The van der Waals surface area contributed by atoms with Gasteiger partial charge in [-0.2, -0.15) is 4.98 Å². The standard InChI is InChI=1S/C14H11BrN4O2/c1-21-13(20)10-7-19(12-4-5-17-14(16)18-12)11-6-8(15)2-3-9(10)11/h2-7H,1H3,(H2,16,17,18). The van der Waals surface area contributed by atoms with Gasteiger partial charge in [0.25, 0.3) is 0 Å². The molecule has 2 N–H and O–H groups in total. The SMILES string of the molecule is COC(=O)c1cn(-c2ccnc(N)n2)c2cc(Br)ccc12. The number of hydrogen-bond acceptors (Lipinski definition) is 5. The number of carbonyl (C=O) groups is 1. The Balaban J connectivity index is 2.32. The van der Waals surface area contributed by atoms with Crippen molar-refractivity contribution in [3.05, 3.63) is 46.7 Å². The summed E-state index contributed by atoms with van der Waals surface area (Å²) in [6, 6.07) is 7.35. The predicted octanol–water partition coefficient (Wildman–Crippen LogP) is 2.55. The minimum absolute atomic E-state index is 0.170. The number of anilines is 1. The molecule has 0 unspecified atom stereocenters. The van der Waals surface area contributed by atoms with E-state index in [9.17, 15) is 4.79 Å². The third-order valence-electron chi connectivity index (χ3n) is 3.08. The molecule has 0 saturated heterocycles. The summed E-state index contributed by atoms with van der Waals surface area (Å²) < 4.78 is 7.50. The average Bonchev–Trinajstić information content (AvgIpc) is 2.85. The van der Waals surface area contributed by atoms with Gasteiger partial charge in [-0.05, 0) is 18.2 Å². The highest BCUT2D eigenvalue weighted by Gasteiger charge is 2.17. The second-order valence-corrected chi connectivity index (χ2v) is 5.25. The fraction of sp³-hybridized carbons (Fsp3) is 0.0714. The van der Waals surface area contributed by atoms with Gasteiger partial charge < -0.3 is 15.0 Å². The zero-order valence-electron chi connectivity index (χ0n) is 11.1. The molecule has 0 aliphatic carbocycles. The Kier molecular flexibility index (Phi) is 3.34. The Morgan fingerprint density at radius 1 is 1.38 bits per heavy atom. The molecule has 2 heterocycles. The van der Waals surface area contributed by atoms with Gasteiger partial charge in [-0.3, -0.25) is 0 Å². The maximum atomic E-state index is 11.9. The number of aromatic nitrogens is 3. The normalized spacial score (nSPS) is 10.8. The van der Waals surface area contributed by atoms with Gasteiger partial charge in [-0.25, -0.2) is 9.78 Å². The summed E-state index contributed by atoms with van der Waals surface area (Å²) >= 11 is 3.43. The van der Waals surface area contributed by atoms with Crippen LogP contribution in [-0.4, -0.2) is 27.6 Å². The van der Waals surface area contributed by atoms with Gasteiger partial charge in [0.1, 0.15) is 5.82 Å². The summed E-state index contributed by atoms with van der Waals surface area (Å²) in [6.07, 6.45) is 3.25. The van der Waals surface area contributed by atoms with Crippen LogP contribution in [0.2, 0.25) is 0 Å². The van der Waals surface area contributed by atoms with E-state index in [1.807, 2.05) is 18.2 Å². The first-order valence-electron chi connectivity index (χ1n) is 6.08. The first-order valence-corrected chi connectivity index (χ1v) is 6.87. The van der Waals surface area contributed by atoms with E-state index in [0.29, 0.717) is 11.4 Å². The van der Waals surface area contributed by atoms with E-state index >= 15 is 0 Å². The monoisotopic (exact) mass is 346 g/mol. The Hall–Kier alpha value is -2.41. The quantitative estimate of drug-likeness (QED) is 0.721. The van der Waals surface area contributed by atoms with Gasteiger partial charge in [0.2, 0.25) is 5.95 Å². The van der Waals surface area contributed by atoms with Crippen molar-refractivity contribution in [2.24, 2.45) is 0 Å². The second-order valence-electron chi connectivity index (χ2n) is 4.34. The zero-order chi connectivity index (χ0) is 15.0. The highest BCUT2D eigenvalue weighted by atomic mass is 79.9. The van der Waals surface area contributed by atoms with Crippen molar-refractivity contribution >= 4 is 38.8 Å². The number of carbonyl (C=O) groups excluding carboxylic acids is 1. The smallest absolute Gasteiger partial charge is 0.340 e. The van der Waals surface area contributed by atoms with Crippen LogP contribution in [0, 0.1) is 0 Å². The second kappa shape index (κ2) is 5.17. The van der Waals surface area contributed by atoms with Gasteiger partial charge in [-0.1, -0.05) is 22.0 Å². The van der Waals surface area contributed by atoms with Crippen molar-refractivity contribution in [2.75, 3.05) is 12.8 Å². The zero-order valence-corrected chi connectivity index (χ0v) is 12.7. The van der Waals surface area contributed by atoms with Crippen LogP contribution in [0.25, 0.3) is 16.7 Å². The molecular formula is C14H11BrN4O2. The molecule has 0 radical (unpaired) electrons. The maximum absolute atomic E-state index is 11.9. The maximum Gasteiger partial charge on any atom is 0.340 e. The topological polar surface area (TPSA) is 83.0 Å². The fourth-order valence-electron chi connectivity index (χ4n) is 2.16. The number of nitrogen functional groups attached to an aromatic ring is 1. The number of halogens is 1. The van der Waals surface area contributed by atoms with Crippen LogP contribution in [0.15, 0.2) is 41.1 Å². The van der Waals surface area contributed by atoms with Crippen LogP contribution in [0.4, 0.5) is 5.95 Å². The van der Waals surface area contributed by atoms with Crippen LogP contribution >= 0.6 is 15.9 Å².